The second kappa shape index (κ2) is 6.92. The molecule has 2 heterocycles. The lowest BCUT2D eigenvalue weighted by molar-refractivity contribution is -0.120. The zero-order valence-electron chi connectivity index (χ0n) is 15.1. The smallest absolute Gasteiger partial charge is 0.263 e. The quantitative estimate of drug-likeness (QED) is 0.741. The fourth-order valence-electron chi connectivity index (χ4n) is 2.73. The number of nitrogens with one attached hydrogen (secondary N) is 1. The molecule has 0 atom stereocenters. The van der Waals surface area contributed by atoms with Crippen molar-refractivity contribution in [1.82, 2.24) is 25.2 Å². The Labute approximate surface area is 156 Å². The van der Waals surface area contributed by atoms with Crippen LogP contribution < -0.4 is 5.32 Å². The Balaban J connectivity index is 1.92. The molecule has 1 N–H and O–H groups in total. The van der Waals surface area contributed by atoms with Gasteiger partial charge in [0.05, 0.1) is 23.3 Å². The van der Waals surface area contributed by atoms with E-state index in [1.54, 1.807) is 18.5 Å². The minimum absolute atomic E-state index is 0.175. The molecule has 136 valence electrons. The number of rotatable bonds is 5. The van der Waals surface area contributed by atoms with Gasteiger partial charge in [-0.1, -0.05) is 47.1 Å². The average molecular weight is 374 g/mol. The van der Waals surface area contributed by atoms with E-state index in [4.69, 9.17) is 16.1 Å². The van der Waals surface area contributed by atoms with E-state index in [0.717, 1.165) is 5.56 Å². The van der Waals surface area contributed by atoms with Crippen molar-refractivity contribution in [1.29, 1.82) is 0 Å². The first-order chi connectivity index (χ1) is 12.3. The number of aryl methyl sites for hydroxylation is 1. The van der Waals surface area contributed by atoms with Crippen LogP contribution in [0.25, 0.3) is 11.5 Å². The van der Waals surface area contributed by atoms with Gasteiger partial charge in [-0.15, -0.1) is 0 Å². The SMILES string of the molecule is CC(=O)NC(C)(C)c1noc(-c2c(C)nn(Cc3ccccc3)c2Cl)n1. The van der Waals surface area contributed by atoms with Gasteiger partial charge >= 0.3 is 0 Å². The van der Waals surface area contributed by atoms with E-state index in [1.165, 1.54) is 6.92 Å². The highest BCUT2D eigenvalue weighted by Gasteiger charge is 2.29. The summed E-state index contributed by atoms with van der Waals surface area (Å²) in [6, 6.07) is 9.91. The van der Waals surface area contributed by atoms with Crippen LogP contribution in [-0.2, 0) is 16.9 Å². The number of benzene rings is 1. The number of amides is 1. The van der Waals surface area contributed by atoms with Gasteiger partial charge in [0.2, 0.25) is 5.91 Å². The van der Waals surface area contributed by atoms with E-state index >= 15 is 0 Å². The maximum Gasteiger partial charge on any atom is 0.263 e. The molecule has 0 fully saturated rings. The van der Waals surface area contributed by atoms with E-state index in [-0.39, 0.29) is 11.8 Å². The van der Waals surface area contributed by atoms with Crippen molar-refractivity contribution in [2.24, 2.45) is 0 Å². The van der Waals surface area contributed by atoms with Gasteiger partial charge in [0.25, 0.3) is 5.89 Å². The minimum Gasteiger partial charge on any atom is -0.344 e. The largest absolute Gasteiger partial charge is 0.344 e. The third-order valence-corrected chi connectivity index (χ3v) is 4.31. The summed E-state index contributed by atoms with van der Waals surface area (Å²) in [7, 11) is 0. The van der Waals surface area contributed by atoms with Crippen LogP contribution in [0.5, 0.6) is 0 Å². The van der Waals surface area contributed by atoms with E-state index in [0.29, 0.717) is 28.8 Å². The van der Waals surface area contributed by atoms with Crippen molar-refractivity contribution in [2.75, 3.05) is 0 Å². The lowest BCUT2D eigenvalue weighted by atomic mass is 10.1. The first-order valence-electron chi connectivity index (χ1n) is 8.18. The standard InChI is InChI=1S/C18H20ClN5O2/c1-11-14(15(19)24(22-11)10-13-8-6-5-7-9-13)16-20-17(23-26-16)18(3,4)21-12(2)25/h5-9H,10H2,1-4H3,(H,21,25). The fourth-order valence-corrected chi connectivity index (χ4v) is 3.05. The van der Waals surface area contributed by atoms with Crippen molar-refractivity contribution in [2.45, 2.75) is 39.8 Å². The van der Waals surface area contributed by atoms with E-state index in [2.05, 4.69) is 20.6 Å². The first kappa shape index (κ1) is 18.1. The van der Waals surface area contributed by atoms with Crippen LogP contribution in [0, 0.1) is 6.92 Å². The van der Waals surface area contributed by atoms with Crippen molar-refractivity contribution < 1.29 is 9.32 Å². The Morgan fingerprint density at radius 2 is 2.00 bits per heavy atom. The summed E-state index contributed by atoms with van der Waals surface area (Å²) in [5.41, 5.74) is 1.62. The molecule has 0 spiro atoms. The minimum atomic E-state index is -0.756. The number of halogens is 1. The van der Waals surface area contributed by atoms with Crippen LogP contribution in [0.3, 0.4) is 0 Å². The predicted molar refractivity (Wildman–Crippen MR) is 97.7 cm³/mol. The molecule has 0 radical (unpaired) electrons. The Morgan fingerprint density at radius 3 is 2.65 bits per heavy atom. The lowest BCUT2D eigenvalue weighted by Gasteiger charge is -2.20. The number of hydrogen-bond donors (Lipinski definition) is 1. The Bertz CT molecular complexity index is 930. The van der Waals surface area contributed by atoms with Crippen molar-refractivity contribution in [3.05, 3.63) is 52.6 Å². The lowest BCUT2D eigenvalue weighted by Crippen LogP contribution is -2.40. The predicted octanol–water partition coefficient (Wildman–Crippen LogP) is 3.31. The highest BCUT2D eigenvalue weighted by atomic mass is 35.5. The molecule has 0 aliphatic heterocycles. The van der Waals surface area contributed by atoms with E-state index < -0.39 is 5.54 Å². The summed E-state index contributed by atoms with van der Waals surface area (Å²) in [5, 5.41) is 11.7. The molecular weight excluding hydrogens is 354 g/mol. The van der Waals surface area contributed by atoms with E-state index in [9.17, 15) is 4.79 Å². The summed E-state index contributed by atoms with van der Waals surface area (Å²) in [5.74, 6) is 0.473. The highest BCUT2D eigenvalue weighted by molar-refractivity contribution is 6.32. The molecule has 3 rings (SSSR count). The molecule has 3 aromatic rings. The molecule has 0 saturated carbocycles. The number of hydrogen-bond acceptors (Lipinski definition) is 5. The van der Waals surface area contributed by atoms with Gasteiger partial charge < -0.3 is 9.84 Å². The summed E-state index contributed by atoms with van der Waals surface area (Å²) >= 11 is 6.52. The van der Waals surface area contributed by atoms with Crippen LogP contribution in [0.2, 0.25) is 5.15 Å². The third kappa shape index (κ3) is 3.62. The van der Waals surface area contributed by atoms with E-state index in [1.807, 2.05) is 37.3 Å². The van der Waals surface area contributed by atoms with Crippen LogP contribution in [0.4, 0.5) is 0 Å². The topological polar surface area (TPSA) is 85.8 Å². The van der Waals surface area contributed by atoms with Gasteiger partial charge in [-0.05, 0) is 26.3 Å². The zero-order chi connectivity index (χ0) is 18.9. The molecule has 1 amide bonds. The van der Waals surface area contributed by atoms with Gasteiger partial charge in [-0.25, -0.2) is 4.68 Å². The number of nitrogens with zero attached hydrogens (tertiary/aromatic N) is 4. The second-order valence-corrected chi connectivity index (χ2v) is 6.98. The first-order valence-corrected chi connectivity index (χ1v) is 8.56. The van der Waals surface area contributed by atoms with Gasteiger partial charge in [0.1, 0.15) is 5.15 Å². The number of carbonyl (C=O) groups excluding carboxylic acids is 1. The number of carbonyl (C=O) groups is 1. The molecule has 0 bridgehead atoms. The normalized spacial score (nSPS) is 11.6. The molecule has 1 aromatic carbocycles. The molecule has 0 aliphatic rings. The molecule has 8 heteroatoms. The summed E-state index contributed by atoms with van der Waals surface area (Å²) in [6.45, 7) is 7.43. The molecule has 0 saturated heterocycles. The van der Waals surface area contributed by atoms with Crippen molar-refractivity contribution in [3.8, 4) is 11.5 Å². The molecule has 26 heavy (non-hydrogen) atoms. The molecule has 0 aliphatic carbocycles. The Kier molecular flexibility index (Phi) is 4.82. The van der Waals surface area contributed by atoms with Gasteiger partial charge in [0, 0.05) is 6.92 Å². The monoisotopic (exact) mass is 373 g/mol. The molecule has 2 aromatic heterocycles. The highest BCUT2D eigenvalue weighted by Crippen LogP contribution is 2.31. The molecular formula is C18H20ClN5O2. The van der Waals surface area contributed by atoms with Gasteiger partial charge in [-0.3, -0.25) is 4.79 Å². The van der Waals surface area contributed by atoms with Crippen molar-refractivity contribution >= 4 is 17.5 Å². The maximum absolute atomic E-state index is 11.4. The van der Waals surface area contributed by atoms with Crippen LogP contribution in [0.15, 0.2) is 34.9 Å². The number of aromatic nitrogens is 4. The Morgan fingerprint density at radius 1 is 1.31 bits per heavy atom. The summed E-state index contributed by atoms with van der Waals surface area (Å²) in [6.07, 6.45) is 0. The third-order valence-electron chi connectivity index (χ3n) is 3.93. The summed E-state index contributed by atoms with van der Waals surface area (Å²) in [4.78, 5) is 15.8. The van der Waals surface area contributed by atoms with Gasteiger partial charge in [0.15, 0.2) is 5.82 Å². The van der Waals surface area contributed by atoms with Crippen LogP contribution in [0.1, 0.15) is 37.9 Å². The zero-order valence-corrected chi connectivity index (χ0v) is 15.8. The van der Waals surface area contributed by atoms with Crippen LogP contribution in [-0.4, -0.2) is 25.8 Å². The fraction of sp³-hybridized carbons (Fsp3) is 0.333. The summed E-state index contributed by atoms with van der Waals surface area (Å²) < 4.78 is 7.09. The second-order valence-electron chi connectivity index (χ2n) is 6.62. The average Bonchev–Trinajstić information content (AvgIpc) is 3.13. The maximum atomic E-state index is 11.4. The van der Waals surface area contributed by atoms with Crippen molar-refractivity contribution in [3.63, 3.8) is 0 Å². The Hall–Kier alpha value is -2.67. The molecule has 0 unspecified atom stereocenters. The molecule has 7 nitrogen and oxygen atoms in total. The van der Waals surface area contributed by atoms with Gasteiger partial charge in [-0.2, -0.15) is 10.1 Å². The van der Waals surface area contributed by atoms with Crippen LogP contribution >= 0.6 is 11.6 Å².